The fourth-order valence-electron chi connectivity index (χ4n) is 4.36. The van der Waals surface area contributed by atoms with E-state index in [1.807, 2.05) is 33.9 Å². The van der Waals surface area contributed by atoms with E-state index in [1.165, 1.54) is 7.11 Å². The van der Waals surface area contributed by atoms with Gasteiger partial charge in [0, 0.05) is 25.3 Å². The normalized spacial score (nSPS) is 19.3. The van der Waals surface area contributed by atoms with Crippen molar-refractivity contribution in [2.24, 2.45) is 0 Å². The molecule has 1 saturated heterocycles. The van der Waals surface area contributed by atoms with E-state index in [-0.39, 0.29) is 24.1 Å². The average Bonchev–Trinajstić information content (AvgIpc) is 3.36. The number of likely N-dealkylation sites (tertiary alicyclic amines) is 1. The first-order chi connectivity index (χ1) is 13.6. The van der Waals surface area contributed by atoms with Crippen molar-refractivity contribution < 1.29 is 19.4 Å². The van der Waals surface area contributed by atoms with Crippen LogP contribution in [0.15, 0.2) is 36.5 Å². The number of aromatic hydroxyl groups is 1. The zero-order valence-electron chi connectivity index (χ0n) is 15.9. The minimum Gasteiger partial charge on any atom is -0.508 e. The highest BCUT2D eigenvalue weighted by molar-refractivity contribution is 5.87. The van der Waals surface area contributed by atoms with Crippen molar-refractivity contribution in [3.05, 3.63) is 53.3 Å². The molecular formula is C21H25N3O4. The number of amides is 2. The Balaban J connectivity index is 1.36. The zero-order chi connectivity index (χ0) is 19.7. The summed E-state index contributed by atoms with van der Waals surface area (Å²) in [6.07, 6.45) is 5.05. The van der Waals surface area contributed by atoms with E-state index in [1.54, 1.807) is 12.1 Å². The second-order valence-electron chi connectivity index (χ2n) is 7.40. The first-order valence-electron chi connectivity index (χ1n) is 9.70. The lowest BCUT2D eigenvalue weighted by molar-refractivity contribution is 0.0582. The molecule has 148 valence electrons. The Morgan fingerprint density at radius 2 is 1.93 bits per heavy atom. The van der Waals surface area contributed by atoms with Crippen LogP contribution in [0.3, 0.4) is 0 Å². The Kier molecular flexibility index (Phi) is 4.98. The van der Waals surface area contributed by atoms with Crippen LogP contribution in [0.25, 0.3) is 0 Å². The van der Waals surface area contributed by atoms with Crippen molar-refractivity contribution in [1.82, 2.24) is 14.8 Å². The number of fused-ring (bicyclic) bond motifs is 1. The highest BCUT2D eigenvalue weighted by Crippen LogP contribution is 2.36. The summed E-state index contributed by atoms with van der Waals surface area (Å²) < 4.78 is 6.80. The van der Waals surface area contributed by atoms with Crippen LogP contribution >= 0.6 is 0 Å². The molecule has 1 aliphatic carbocycles. The van der Waals surface area contributed by atoms with Gasteiger partial charge in [-0.2, -0.15) is 0 Å². The molecule has 1 atom stereocenters. The van der Waals surface area contributed by atoms with E-state index < -0.39 is 0 Å². The van der Waals surface area contributed by atoms with Gasteiger partial charge in [-0.05, 0) is 55.0 Å². The third kappa shape index (κ3) is 3.32. The predicted octanol–water partition coefficient (Wildman–Crippen LogP) is 3.01. The summed E-state index contributed by atoms with van der Waals surface area (Å²) in [6.45, 7) is 1.27. The highest BCUT2D eigenvalue weighted by Gasteiger charge is 2.30. The minimum atomic E-state index is -0.340. The maximum atomic E-state index is 12.7. The highest BCUT2D eigenvalue weighted by atomic mass is 16.5. The Bertz CT molecular complexity index is 884. The molecule has 2 aromatic rings. The Labute approximate surface area is 163 Å². The van der Waals surface area contributed by atoms with Crippen LogP contribution in [-0.4, -0.2) is 46.8 Å². The number of carbonyl (C=O) groups is 2. The maximum Gasteiger partial charge on any atom is 0.354 e. The van der Waals surface area contributed by atoms with Gasteiger partial charge >= 0.3 is 12.0 Å². The summed E-state index contributed by atoms with van der Waals surface area (Å²) in [5.41, 5.74) is 2.50. The number of urea groups is 1. The van der Waals surface area contributed by atoms with Crippen molar-refractivity contribution in [1.29, 1.82) is 0 Å². The van der Waals surface area contributed by atoms with Gasteiger partial charge in [-0.25, -0.2) is 9.59 Å². The molecule has 1 fully saturated rings. The van der Waals surface area contributed by atoms with Gasteiger partial charge in [-0.1, -0.05) is 12.1 Å². The van der Waals surface area contributed by atoms with Gasteiger partial charge < -0.3 is 24.6 Å². The molecule has 2 aliphatic rings. The Morgan fingerprint density at radius 1 is 1.14 bits per heavy atom. The maximum absolute atomic E-state index is 12.7. The average molecular weight is 383 g/mol. The number of piperidine rings is 1. The largest absolute Gasteiger partial charge is 0.508 e. The Morgan fingerprint density at radius 3 is 2.68 bits per heavy atom. The van der Waals surface area contributed by atoms with E-state index in [9.17, 15) is 14.7 Å². The molecule has 0 saturated carbocycles. The van der Waals surface area contributed by atoms with Crippen molar-refractivity contribution in [2.45, 2.75) is 37.8 Å². The molecular weight excluding hydrogens is 358 g/mol. The van der Waals surface area contributed by atoms with Crippen LogP contribution in [0.2, 0.25) is 0 Å². The van der Waals surface area contributed by atoms with E-state index in [0.717, 1.165) is 36.8 Å². The second-order valence-corrected chi connectivity index (χ2v) is 7.40. The molecule has 2 heterocycles. The number of nitrogens with zero attached hydrogens (tertiary/aromatic N) is 2. The molecule has 1 aliphatic heterocycles. The number of phenolic OH excluding ortho intramolecular Hbond substituents is 1. The molecule has 1 aromatic heterocycles. The van der Waals surface area contributed by atoms with Gasteiger partial charge in [-0.15, -0.1) is 0 Å². The van der Waals surface area contributed by atoms with Gasteiger partial charge in [0.25, 0.3) is 0 Å². The molecule has 0 unspecified atom stereocenters. The number of rotatable bonds is 3. The van der Waals surface area contributed by atoms with Crippen LogP contribution in [0.4, 0.5) is 4.79 Å². The lowest BCUT2D eigenvalue weighted by Crippen LogP contribution is -2.45. The first kappa shape index (κ1) is 18.4. The summed E-state index contributed by atoms with van der Waals surface area (Å²) >= 11 is 0. The zero-order valence-corrected chi connectivity index (χ0v) is 15.9. The van der Waals surface area contributed by atoms with E-state index >= 15 is 0 Å². The lowest BCUT2D eigenvalue weighted by Gasteiger charge is -2.34. The summed E-state index contributed by atoms with van der Waals surface area (Å²) in [7, 11) is 1.38. The number of aromatic nitrogens is 1. The number of hydrogen-bond donors (Lipinski definition) is 2. The monoisotopic (exact) mass is 383 g/mol. The van der Waals surface area contributed by atoms with Gasteiger partial charge in [0.15, 0.2) is 0 Å². The van der Waals surface area contributed by atoms with Crippen molar-refractivity contribution in [3.63, 3.8) is 0 Å². The number of ether oxygens (including phenoxy) is 1. The standard InChI is InChI=1S/C21H25N3O4/c1-28-20(26)18-5-3-11-24(18)14-9-12-23(13-10-14)21(27)22-17-8-7-16-15(17)4-2-6-19(16)25/h2-6,11,14,17,25H,7-10,12-13H2,1H3,(H,22,27)/t17-/m1/s1. The van der Waals surface area contributed by atoms with Crippen LogP contribution in [0.1, 0.15) is 53.0 Å². The minimum absolute atomic E-state index is 0.0531. The van der Waals surface area contributed by atoms with E-state index in [0.29, 0.717) is 24.5 Å². The molecule has 0 bridgehead atoms. The molecule has 2 amide bonds. The smallest absolute Gasteiger partial charge is 0.354 e. The molecule has 1 aromatic carbocycles. The summed E-state index contributed by atoms with van der Waals surface area (Å²) in [4.78, 5) is 26.5. The molecule has 4 rings (SSSR count). The molecule has 0 radical (unpaired) electrons. The fourth-order valence-corrected chi connectivity index (χ4v) is 4.36. The number of hydrogen-bond acceptors (Lipinski definition) is 4. The number of benzene rings is 1. The van der Waals surface area contributed by atoms with Gasteiger partial charge in [0.2, 0.25) is 0 Å². The van der Waals surface area contributed by atoms with Gasteiger partial charge in [0.1, 0.15) is 11.4 Å². The van der Waals surface area contributed by atoms with E-state index in [2.05, 4.69) is 5.32 Å². The first-order valence-corrected chi connectivity index (χ1v) is 9.70. The molecule has 2 N–H and O–H groups in total. The number of esters is 1. The Hall–Kier alpha value is -2.96. The third-order valence-corrected chi connectivity index (χ3v) is 5.86. The van der Waals surface area contributed by atoms with Gasteiger partial charge in [-0.3, -0.25) is 0 Å². The van der Waals surface area contributed by atoms with Crippen molar-refractivity contribution >= 4 is 12.0 Å². The van der Waals surface area contributed by atoms with Gasteiger partial charge in [0.05, 0.1) is 13.2 Å². The fraction of sp³-hybridized carbons (Fsp3) is 0.429. The van der Waals surface area contributed by atoms with Crippen LogP contribution in [0.5, 0.6) is 5.75 Å². The van der Waals surface area contributed by atoms with Crippen LogP contribution in [0, 0.1) is 0 Å². The second kappa shape index (κ2) is 7.58. The van der Waals surface area contributed by atoms with Crippen LogP contribution < -0.4 is 5.32 Å². The SMILES string of the molecule is COC(=O)c1cccn1C1CCN(C(=O)N[C@@H]2CCc3c(O)cccc32)CC1. The van der Waals surface area contributed by atoms with Crippen molar-refractivity contribution in [3.8, 4) is 5.75 Å². The summed E-state index contributed by atoms with van der Waals surface area (Å²) in [6, 6.07) is 9.15. The molecule has 7 nitrogen and oxygen atoms in total. The van der Waals surface area contributed by atoms with E-state index in [4.69, 9.17) is 4.74 Å². The predicted molar refractivity (Wildman–Crippen MR) is 103 cm³/mol. The molecule has 28 heavy (non-hydrogen) atoms. The summed E-state index contributed by atoms with van der Waals surface area (Å²) in [5, 5.41) is 13.1. The third-order valence-electron chi connectivity index (χ3n) is 5.86. The number of carbonyl (C=O) groups excluding carboxylic acids is 2. The number of nitrogens with one attached hydrogen (secondary N) is 1. The quantitative estimate of drug-likeness (QED) is 0.798. The number of methoxy groups -OCH3 is 1. The van der Waals surface area contributed by atoms with Crippen LogP contribution in [-0.2, 0) is 11.2 Å². The topological polar surface area (TPSA) is 83.8 Å². The van der Waals surface area contributed by atoms with Crippen molar-refractivity contribution in [2.75, 3.05) is 20.2 Å². The lowest BCUT2D eigenvalue weighted by atomic mass is 10.0. The number of phenols is 1. The molecule has 0 spiro atoms. The summed E-state index contributed by atoms with van der Waals surface area (Å²) in [5.74, 6) is -0.0310. The molecule has 7 heteroatoms.